The Kier molecular flexibility index (Phi) is 6.16. The van der Waals surface area contributed by atoms with E-state index >= 15 is 0 Å². The summed E-state index contributed by atoms with van der Waals surface area (Å²) in [4.78, 5) is 0.0400. The second kappa shape index (κ2) is 8.44. The normalized spacial score (nSPS) is 11.3. The quantitative estimate of drug-likeness (QED) is 0.517. The lowest BCUT2D eigenvalue weighted by atomic mass is 9.98. The number of primary sulfonamides is 1. The molecule has 0 radical (unpaired) electrons. The monoisotopic (exact) mass is 476 g/mol. The van der Waals surface area contributed by atoms with Crippen LogP contribution in [0.2, 0.25) is 0 Å². The fourth-order valence-electron chi connectivity index (χ4n) is 3.08. The maximum Gasteiger partial charge on any atom is 0.238 e. The van der Waals surface area contributed by atoms with Gasteiger partial charge in [-0.3, -0.25) is 0 Å². The summed E-state index contributed by atoms with van der Waals surface area (Å²) >= 11 is 3.58. The Labute approximate surface area is 178 Å². The first-order chi connectivity index (χ1) is 13.7. The Morgan fingerprint density at radius 1 is 1.03 bits per heavy atom. The number of rotatable bonds is 6. The zero-order chi connectivity index (χ0) is 21.2. The Morgan fingerprint density at radius 3 is 2.34 bits per heavy atom. The molecule has 0 heterocycles. The van der Waals surface area contributed by atoms with Gasteiger partial charge in [0.1, 0.15) is 18.1 Å². The summed E-state index contributed by atoms with van der Waals surface area (Å²) in [5.74, 6) is 1.38. The van der Waals surface area contributed by atoms with E-state index in [9.17, 15) is 8.42 Å². The van der Waals surface area contributed by atoms with Crippen LogP contribution in [0.25, 0.3) is 11.1 Å². The van der Waals surface area contributed by atoms with Gasteiger partial charge >= 0.3 is 0 Å². The number of hydrogen-bond donors (Lipinski definition) is 2. The summed E-state index contributed by atoms with van der Waals surface area (Å²) in [5, 5.41) is 5.34. The van der Waals surface area contributed by atoms with Crippen LogP contribution in [-0.4, -0.2) is 15.5 Å². The van der Waals surface area contributed by atoms with Crippen LogP contribution in [0.5, 0.6) is 11.5 Å². The van der Waals surface area contributed by atoms with E-state index in [1.54, 1.807) is 20.1 Å². The first-order valence-corrected chi connectivity index (χ1v) is 11.0. The van der Waals surface area contributed by atoms with Gasteiger partial charge in [-0.15, -0.1) is 0 Å². The van der Waals surface area contributed by atoms with Crippen LogP contribution < -0.4 is 20.3 Å². The molecule has 152 valence electrons. The maximum absolute atomic E-state index is 11.9. The van der Waals surface area contributed by atoms with Gasteiger partial charge in [-0.25, -0.2) is 13.6 Å². The average molecular weight is 477 g/mol. The Hall–Kier alpha value is -2.55. The highest BCUT2D eigenvalue weighted by Crippen LogP contribution is 2.41. The van der Waals surface area contributed by atoms with Gasteiger partial charge in [0.25, 0.3) is 0 Å². The standard InChI is InChI=1S/C21H21BrN2O4S/c1-13-19(29(24,25)26)11-10-17(23)20(13)16-4-3-5-18(21(16)22)28-12-14-6-8-15(27-2)9-7-14/h3-11H,12,23H2,1-2H3,(H2,24,25,26). The van der Waals surface area contributed by atoms with E-state index in [4.69, 9.17) is 20.3 Å². The average Bonchev–Trinajstić information content (AvgIpc) is 2.67. The SMILES string of the molecule is COc1ccc(COc2cccc(-c3c(N)ccc(S(N)(=O)=O)c3C)c2Br)cc1. The third-order valence-electron chi connectivity index (χ3n) is 4.54. The van der Waals surface area contributed by atoms with Gasteiger partial charge in [0, 0.05) is 16.8 Å². The first kappa shape index (κ1) is 21.2. The predicted molar refractivity (Wildman–Crippen MR) is 117 cm³/mol. The molecule has 6 nitrogen and oxygen atoms in total. The predicted octanol–water partition coefficient (Wildman–Crippen LogP) is 4.24. The van der Waals surface area contributed by atoms with Crippen molar-refractivity contribution in [1.82, 2.24) is 0 Å². The molecule has 29 heavy (non-hydrogen) atoms. The molecule has 0 aliphatic heterocycles. The van der Waals surface area contributed by atoms with Gasteiger partial charge in [0.15, 0.2) is 0 Å². The van der Waals surface area contributed by atoms with Gasteiger partial charge in [0.05, 0.1) is 16.5 Å². The second-order valence-corrected chi connectivity index (χ2v) is 8.78. The second-order valence-electron chi connectivity index (χ2n) is 6.45. The molecule has 0 spiro atoms. The molecule has 0 saturated heterocycles. The number of halogens is 1. The number of anilines is 1. The fourth-order valence-corrected chi connectivity index (χ4v) is 4.44. The molecule has 0 aliphatic carbocycles. The smallest absolute Gasteiger partial charge is 0.238 e. The Balaban J connectivity index is 1.97. The van der Waals surface area contributed by atoms with Crippen LogP contribution in [0.3, 0.4) is 0 Å². The van der Waals surface area contributed by atoms with E-state index < -0.39 is 10.0 Å². The van der Waals surface area contributed by atoms with E-state index in [0.717, 1.165) is 16.9 Å². The molecular formula is C21H21BrN2O4S. The van der Waals surface area contributed by atoms with Crippen LogP contribution in [0.15, 0.2) is 64.0 Å². The van der Waals surface area contributed by atoms with Crippen molar-refractivity contribution in [3.63, 3.8) is 0 Å². The van der Waals surface area contributed by atoms with Crippen LogP contribution >= 0.6 is 15.9 Å². The molecule has 3 aromatic rings. The van der Waals surface area contributed by atoms with Crippen molar-refractivity contribution in [2.24, 2.45) is 5.14 Å². The first-order valence-electron chi connectivity index (χ1n) is 8.69. The van der Waals surface area contributed by atoms with E-state index in [1.807, 2.05) is 42.5 Å². The number of nitrogens with two attached hydrogens (primary N) is 2. The van der Waals surface area contributed by atoms with Crippen molar-refractivity contribution >= 4 is 31.6 Å². The van der Waals surface area contributed by atoms with E-state index in [-0.39, 0.29) is 4.90 Å². The number of methoxy groups -OCH3 is 1. The van der Waals surface area contributed by atoms with Crippen molar-refractivity contribution in [3.8, 4) is 22.6 Å². The largest absolute Gasteiger partial charge is 0.497 e. The summed E-state index contributed by atoms with van der Waals surface area (Å²) < 4.78 is 35.6. The zero-order valence-corrected chi connectivity index (χ0v) is 18.4. The lowest BCUT2D eigenvalue weighted by Gasteiger charge is -2.17. The lowest BCUT2D eigenvalue weighted by Crippen LogP contribution is -2.14. The highest BCUT2D eigenvalue weighted by Gasteiger charge is 2.20. The molecule has 0 amide bonds. The third-order valence-corrected chi connectivity index (χ3v) is 6.41. The molecule has 0 bridgehead atoms. The summed E-state index contributed by atoms with van der Waals surface area (Å²) in [7, 11) is -2.25. The van der Waals surface area contributed by atoms with Crippen LogP contribution in [-0.2, 0) is 16.6 Å². The molecule has 0 atom stereocenters. The van der Waals surface area contributed by atoms with Crippen molar-refractivity contribution in [3.05, 3.63) is 70.2 Å². The summed E-state index contributed by atoms with van der Waals surface area (Å²) in [5.41, 5.74) is 9.40. The Morgan fingerprint density at radius 2 is 1.72 bits per heavy atom. The van der Waals surface area contributed by atoms with E-state index in [2.05, 4.69) is 15.9 Å². The van der Waals surface area contributed by atoms with Gasteiger partial charge in [-0.2, -0.15) is 0 Å². The van der Waals surface area contributed by atoms with Gasteiger partial charge in [-0.05, 0) is 64.3 Å². The third kappa shape index (κ3) is 4.55. The van der Waals surface area contributed by atoms with E-state index in [1.165, 1.54) is 6.07 Å². The fraction of sp³-hybridized carbons (Fsp3) is 0.143. The number of nitrogen functional groups attached to an aromatic ring is 1. The highest BCUT2D eigenvalue weighted by molar-refractivity contribution is 9.10. The van der Waals surface area contributed by atoms with Crippen LogP contribution in [0.4, 0.5) is 5.69 Å². The summed E-state index contributed by atoms with van der Waals surface area (Å²) in [6.45, 7) is 2.04. The molecular weight excluding hydrogens is 456 g/mol. The van der Waals surface area contributed by atoms with Crippen molar-refractivity contribution in [2.45, 2.75) is 18.4 Å². The number of ether oxygens (including phenoxy) is 2. The molecule has 8 heteroatoms. The molecule has 0 aliphatic rings. The zero-order valence-electron chi connectivity index (χ0n) is 16.0. The number of hydrogen-bond acceptors (Lipinski definition) is 5. The highest BCUT2D eigenvalue weighted by atomic mass is 79.9. The van der Waals surface area contributed by atoms with Crippen molar-refractivity contribution in [2.75, 3.05) is 12.8 Å². The summed E-state index contributed by atoms with van der Waals surface area (Å²) in [6.07, 6.45) is 0. The number of benzene rings is 3. The van der Waals surface area contributed by atoms with Crippen molar-refractivity contribution < 1.29 is 17.9 Å². The minimum Gasteiger partial charge on any atom is -0.497 e. The van der Waals surface area contributed by atoms with Crippen LogP contribution in [0.1, 0.15) is 11.1 Å². The minimum atomic E-state index is -3.87. The van der Waals surface area contributed by atoms with Crippen LogP contribution in [0, 0.1) is 6.92 Å². The minimum absolute atomic E-state index is 0.0400. The maximum atomic E-state index is 11.9. The Bertz CT molecular complexity index is 1150. The molecule has 3 aromatic carbocycles. The molecule has 0 aromatic heterocycles. The van der Waals surface area contributed by atoms with Gasteiger partial charge in [-0.1, -0.05) is 24.3 Å². The number of sulfonamides is 1. The van der Waals surface area contributed by atoms with Gasteiger partial charge < -0.3 is 15.2 Å². The lowest BCUT2D eigenvalue weighted by molar-refractivity contribution is 0.304. The van der Waals surface area contributed by atoms with Crippen molar-refractivity contribution in [1.29, 1.82) is 0 Å². The molecule has 0 unspecified atom stereocenters. The molecule has 0 fully saturated rings. The molecule has 3 rings (SSSR count). The summed E-state index contributed by atoms with van der Waals surface area (Å²) in [6, 6.07) is 16.0. The molecule has 4 N–H and O–H groups in total. The molecule has 0 saturated carbocycles. The van der Waals surface area contributed by atoms with Gasteiger partial charge in [0.2, 0.25) is 10.0 Å². The topological polar surface area (TPSA) is 105 Å². The van der Waals surface area contributed by atoms with E-state index in [0.29, 0.717) is 33.6 Å².